The van der Waals surface area contributed by atoms with Crippen molar-refractivity contribution < 1.29 is 14.4 Å². The lowest BCUT2D eigenvalue weighted by Gasteiger charge is -2.34. The number of amides is 4. The number of rotatable bonds is 7. The van der Waals surface area contributed by atoms with Crippen LogP contribution in [0.4, 0.5) is 16.2 Å². The number of nitrogens with zero attached hydrogens (tertiary/aromatic N) is 1. The van der Waals surface area contributed by atoms with E-state index in [1.54, 1.807) is 12.1 Å². The number of urea groups is 1. The molecule has 3 N–H and O–H groups in total. The summed E-state index contributed by atoms with van der Waals surface area (Å²) in [6.45, 7) is 3.96. The van der Waals surface area contributed by atoms with Crippen LogP contribution in [-0.4, -0.2) is 34.8 Å². The first-order valence-corrected chi connectivity index (χ1v) is 11.8. The Balaban J connectivity index is 1.31. The first-order chi connectivity index (χ1) is 15.9. The number of hydrogen-bond donors (Lipinski definition) is 3. The molecule has 174 valence electrons. The third kappa shape index (κ3) is 5.02. The average molecular weight is 449 g/mol. The summed E-state index contributed by atoms with van der Waals surface area (Å²) in [4.78, 5) is 39.1. The van der Waals surface area contributed by atoms with E-state index >= 15 is 0 Å². The Morgan fingerprint density at radius 1 is 1.06 bits per heavy atom. The second kappa shape index (κ2) is 9.65. The van der Waals surface area contributed by atoms with Crippen LogP contribution in [-0.2, 0) is 9.59 Å². The van der Waals surface area contributed by atoms with Gasteiger partial charge < -0.3 is 16.0 Å². The minimum atomic E-state index is -0.828. The minimum absolute atomic E-state index is 0.144. The van der Waals surface area contributed by atoms with Crippen LogP contribution in [0, 0.1) is 5.92 Å². The van der Waals surface area contributed by atoms with E-state index in [0.29, 0.717) is 24.4 Å². The second-order valence-electron chi connectivity index (χ2n) is 9.16. The molecule has 2 fully saturated rings. The Labute approximate surface area is 194 Å². The van der Waals surface area contributed by atoms with Crippen molar-refractivity contribution in [2.45, 2.75) is 57.5 Å². The summed E-state index contributed by atoms with van der Waals surface area (Å²) in [5.41, 5.74) is 1.90. The van der Waals surface area contributed by atoms with E-state index in [2.05, 4.69) is 41.9 Å². The molecule has 4 amide bonds. The van der Waals surface area contributed by atoms with Crippen LogP contribution in [0.1, 0.15) is 57.6 Å². The molecule has 2 aromatic rings. The molecule has 1 aliphatic carbocycles. The average Bonchev–Trinajstić information content (AvgIpc) is 3.05. The molecule has 1 aliphatic heterocycles. The molecule has 1 heterocycles. The van der Waals surface area contributed by atoms with E-state index in [9.17, 15) is 14.4 Å². The van der Waals surface area contributed by atoms with Crippen LogP contribution in [0.25, 0.3) is 0 Å². The minimum Gasteiger partial charge on any atom is -0.379 e. The lowest BCUT2D eigenvalue weighted by molar-refractivity contribution is -0.135. The van der Waals surface area contributed by atoms with Gasteiger partial charge in [0.15, 0.2) is 0 Å². The fraction of sp³-hybridized carbons (Fsp3) is 0.423. The molecule has 7 nitrogen and oxygen atoms in total. The van der Waals surface area contributed by atoms with Gasteiger partial charge in [-0.15, -0.1) is 0 Å². The van der Waals surface area contributed by atoms with E-state index < -0.39 is 17.5 Å². The number of hydrogen-bond acceptors (Lipinski definition) is 4. The van der Waals surface area contributed by atoms with Gasteiger partial charge in [-0.1, -0.05) is 43.7 Å². The van der Waals surface area contributed by atoms with Crippen LogP contribution in [0.2, 0.25) is 0 Å². The van der Waals surface area contributed by atoms with Crippen molar-refractivity contribution in [3.8, 4) is 0 Å². The first kappa shape index (κ1) is 22.8. The molecular formula is C26H32N4O3. The molecule has 1 unspecified atom stereocenters. The molecule has 1 saturated heterocycles. The Hall–Kier alpha value is -3.35. The summed E-state index contributed by atoms with van der Waals surface area (Å²) in [6, 6.07) is 17.2. The van der Waals surface area contributed by atoms with Crippen molar-refractivity contribution in [1.82, 2.24) is 10.2 Å². The number of imide groups is 1. The maximum absolute atomic E-state index is 13.0. The van der Waals surface area contributed by atoms with Crippen molar-refractivity contribution in [2.24, 2.45) is 5.92 Å². The fourth-order valence-electron chi connectivity index (χ4n) is 4.81. The molecule has 7 heteroatoms. The molecular weight excluding hydrogens is 416 g/mol. The third-order valence-electron chi connectivity index (χ3n) is 6.94. The van der Waals surface area contributed by atoms with Gasteiger partial charge in [0.05, 0.1) is 0 Å². The van der Waals surface area contributed by atoms with Crippen molar-refractivity contribution in [2.75, 3.05) is 17.2 Å². The van der Waals surface area contributed by atoms with Crippen molar-refractivity contribution in [3.63, 3.8) is 0 Å². The van der Waals surface area contributed by atoms with Gasteiger partial charge in [0.2, 0.25) is 5.91 Å². The summed E-state index contributed by atoms with van der Waals surface area (Å²) < 4.78 is 0. The predicted octanol–water partition coefficient (Wildman–Crippen LogP) is 4.69. The monoisotopic (exact) mass is 448 g/mol. The highest BCUT2D eigenvalue weighted by molar-refractivity contribution is 6.10. The topological polar surface area (TPSA) is 90.5 Å². The van der Waals surface area contributed by atoms with Crippen molar-refractivity contribution in [1.29, 1.82) is 0 Å². The number of nitrogens with one attached hydrogen (secondary N) is 3. The molecule has 2 aromatic carbocycles. The molecule has 0 radical (unpaired) electrons. The molecule has 1 spiro atoms. The zero-order valence-corrected chi connectivity index (χ0v) is 19.3. The zero-order valence-electron chi connectivity index (χ0n) is 19.3. The Bertz CT molecular complexity index is 998. The third-order valence-corrected chi connectivity index (χ3v) is 6.94. The number of anilines is 2. The van der Waals surface area contributed by atoms with Crippen LogP contribution < -0.4 is 16.0 Å². The van der Waals surface area contributed by atoms with E-state index in [-0.39, 0.29) is 18.5 Å². The molecule has 1 saturated carbocycles. The second-order valence-corrected chi connectivity index (χ2v) is 9.16. The molecule has 2 aliphatic rings. The summed E-state index contributed by atoms with van der Waals surface area (Å²) in [5.74, 6) is -0.0615. The van der Waals surface area contributed by atoms with Gasteiger partial charge in [-0.05, 0) is 68.4 Å². The van der Waals surface area contributed by atoms with Crippen LogP contribution in [0.3, 0.4) is 0 Å². The first-order valence-electron chi connectivity index (χ1n) is 11.8. The fourth-order valence-corrected chi connectivity index (χ4v) is 4.81. The molecule has 0 aromatic heterocycles. The molecule has 4 rings (SSSR count). The molecule has 33 heavy (non-hydrogen) atoms. The highest BCUT2D eigenvalue weighted by Crippen LogP contribution is 2.37. The quantitative estimate of drug-likeness (QED) is 0.536. The van der Waals surface area contributed by atoms with Crippen molar-refractivity contribution >= 4 is 29.2 Å². The highest BCUT2D eigenvalue weighted by atomic mass is 16.2. The summed E-state index contributed by atoms with van der Waals surface area (Å²) in [5, 5.41) is 9.09. The van der Waals surface area contributed by atoms with Crippen molar-refractivity contribution in [3.05, 3.63) is 60.2 Å². The Morgan fingerprint density at radius 2 is 1.70 bits per heavy atom. The predicted molar refractivity (Wildman–Crippen MR) is 129 cm³/mol. The summed E-state index contributed by atoms with van der Waals surface area (Å²) in [6.07, 6.45) is 4.22. The van der Waals surface area contributed by atoms with E-state index in [1.165, 1.54) is 5.56 Å². The van der Waals surface area contributed by atoms with Gasteiger partial charge in [0.25, 0.3) is 5.91 Å². The summed E-state index contributed by atoms with van der Waals surface area (Å²) >= 11 is 0. The Morgan fingerprint density at radius 3 is 2.33 bits per heavy atom. The number of benzene rings is 2. The van der Waals surface area contributed by atoms with Gasteiger partial charge in [0, 0.05) is 17.4 Å². The molecule has 1 atom stereocenters. The lowest BCUT2D eigenvalue weighted by Crippen LogP contribution is -2.49. The van der Waals surface area contributed by atoms with Gasteiger partial charge >= 0.3 is 6.03 Å². The van der Waals surface area contributed by atoms with Gasteiger partial charge in [-0.25, -0.2) is 4.79 Å². The highest BCUT2D eigenvalue weighted by Gasteiger charge is 2.52. The smallest absolute Gasteiger partial charge is 0.325 e. The summed E-state index contributed by atoms with van der Waals surface area (Å²) in [7, 11) is 0. The lowest BCUT2D eigenvalue weighted by atomic mass is 9.75. The zero-order chi connectivity index (χ0) is 23.4. The molecule has 0 bridgehead atoms. The van der Waals surface area contributed by atoms with Crippen LogP contribution >= 0.6 is 0 Å². The number of carbonyl (C=O) groups excluding carboxylic acids is 3. The SMILES string of the molecule is CCC1CCC2(CC1)NC(=O)N(CC(=O)Nc1ccc(NC(C)c3ccccc3)cc1)C2=O. The van der Waals surface area contributed by atoms with Crippen LogP contribution in [0.5, 0.6) is 0 Å². The van der Waals surface area contributed by atoms with E-state index in [0.717, 1.165) is 29.8 Å². The Kier molecular flexibility index (Phi) is 6.67. The maximum Gasteiger partial charge on any atom is 0.325 e. The van der Waals surface area contributed by atoms with Gasteiger partial charge in [-0.3, -0.25) is 14.5 Å². The van der Waals surface area contributed by atoms with E-state index in [4.69, 9.17) is 0 Å². The standard InChI is InChI=1S/C26H32N4O3/c1-3-19-13-15-26(16-14-19)24(32)30(25(33)29-26)17-23(31)28-22-11-9-21(10-12-22)27-18(2)20-7-5-4-6-8-20/h4-12,18-19,27H,3,13-17H2,1-2H3,(H,28,31)(H,29,33). The largest absolute Gasteiger partial charge is 0.379 e. The normalized spacial score (nSPS) is 23.3. The van der Waals surface area contributed by atoms with Gasteiger partial charge in [-0.2, -0.15) is 0 Å². The van der Waals surface area contributed by atoms with Gasteiger partial charge in [0.1, 0.15) is 12.1 Å². The van der Waals surface area contributed by atoms with E-state index in [1.807, 2.05) is 30.3 Å². The maximum atomic E-state index is 13.0. The number of carbonyl (C=O) groups is 3. The van der Waals surface area contributed by atoms with Crippen LogP contribution in [0.15, 0.2) is 54.6 Å².